The zero-order chi connectivity index (χ0) is 13.4. The summed E-state index contributed by atoms with van der Waals surface area (Å²) in [5, 5.41) is 3.59. The fourth-order valence-electron chi connectivity index (χ4n) is 1.93. The highest BCUT2D eigenvalue weighted by Gasteiger charge is 2.10. The lowest BCUT2D eigenvalue weighted by molar-refractivity contribution is 0.602. The molecule has 0 aromatic heterocycles. The van der Waals surface area contributed by atoms with Crippen molar-refractivity contribution in [3.63, 3.8) is 0 Å². The van der Waals surface area contributed by atoms with Crippen molar-refractivity contribution < 1.29 is 0 Å². The van der Waals surface area contributed by atoms with Crippen molar-refractivity contribution in [3.05, 3.63) is 35.4 Å². The maximum atomic E-state index is 3.59. The normalized spacial score (nSPS) is 12.9. The smallest absolute Gasteiger partial charge is 0.0411 e. The molecular weight excluding hydrogens is 238 g/mol. The topological polar surface area (TPSA) is 12.0 Å². The summed E-state index contributed by atoms with van der Waals surface area (Å²) in [6.45, 7) is 9.97. The summed E-state index contributed by atoms with van der Waals surface area (Å²) in [6, 6.07) is 9.36. The molecule has 0 radical (unpaired) electrons. The highest BCUT2D eigenvalue weighted by molar-refractivity contribution is 7.99. The van der Waals surface area contributed by atoms with Crippen molar-refractivity contribution in [1.29, 1.82) is 0 Å². The van der Waals surface area contributed by atoms with Crippen LogP contribution in [0, 0.1) is 12.8 Å². The number of hydrogen-bond donors (Lipinski definition) is 1. The molecule has 18 heavy (non-hydrogen) atoms. The number of nitrogens with one attached hydrogen (secondary N) is 1. The van der Waals surface area contributed by atoms with Gasteiger partial charge in [0.05, 0.1) is 0 Å². The van der Waals surface area contributed by atoms with Gasteiger partial charge < -0.3 is 5.32 Å². The van der Waals surface area contributed by atoms with Crippen molar-refractivity contribution in [3.8, 4) is 0 Å². The van der Waals surface area contributed by atoms with Crippen LogP contribution in [0.5, 0.6) is 0 Å². The minimum Gasteiger partial charge on any atom is -0.310 e. The van der Waals surface area contributed by atoms with Crippen molar-refractivity contribution in [1.82, 2.24) is 5.32 Å². The van der Waals surface area contributed by atoms with Crippen LogP contribution >= 0.6 is 11.8 Å². The molecule has 0 aliphatic heterocycles. The van der Waals surface area contributed by atoms with Crippen LogP contribution in [-0.2, 0) is 0 Å². The molecule has 1 atom stereocenters. The third-order valence-corrected chi connectivity index (χ3v) is 4.11. The van der Waals surface area contributed by atoms with E-state index in [1.54, 1.807) is 0 Å². The van der Waals surface area contributed by atoms with Gasteiger partial charge in [-0.05, 0) is 37.1 Å². The highest BCUT2D eigenvalue weighted by Crippen LogP contribution is 2.20. The molecule has 0 amide bonds. The van der Waals surface area contributed by atoms with Gasteiger partial charge in [-0.3, -0.25) is 0 Å². The predicted molar refractivity (Wildman–Crippen MR) is 84.4 cm³/mol. The number of aryl methyl sites for hydroxylation is 1. The first-order valence-corrected chi connectivity index (χ1v) is 8.16. The fourth-order valence-corrected chi connectivity index (χ4v) is 3.28. The molecule has 0 bridgehead atoms. The van der Waals surface area contributed by atoms with Crippen molar-refractivity contribution in [2.24, 2.45) is 5.92 Å². The van der Waals surface area contributed by atoms with E-state index in [2.05, 4.69) is 69.0 Å². The quantitative estimate of drug-likeness (QED) is 0.698. The van der Waals surface area contributed by atoms with Gasteiger partial charge in [-0.1, -0.05) is 50.6 Å². The van der Waals surface area contributed by atoms with E-state index in [-0.39, 0.29) is 0 Å². The summed E-state index contributed by atoms with van der Waals surface area (Å²) in [4.78, 5) is 0. The molecule has 1 nitrogen and oxygen atoms in total. The Balaban J connectivity index is 2.49. The van der Waals surface area contributed by atoms with Gasteiger partial charge in [-0.15, -0.1) is 0 Å². The summed E-state index contributed by atoms with van der Waals surface area (Å²) in [6.07, 6.45) is 1.32. The molecular formula is C16H27NS. The molecule has 0 saturated carbocycles. The first-order chi connectivity index (χ1) is 8.63. The minimum atomic E-state index is 0.493. The second-order valence-corrected chi connectivity index (χ2v) is 6.43. The van der Waals surface area contributed by atoms with Crippen LogP contribution in [0.15, 0.2) is 24.3 Å². The van der Waals surface area contributed by atoms with E-state index in [4.69, 9.17) is 0 Å². The Labute approximate surface area is 117 Å². The van der Waals surface area contributed by atoms with E-state index in [9.17, 15) is 0 Å². The molecule has 2 heteroatoms. The average molecular weight is 265 g/mol. The number of benzene rings is 1. The van der Waals surface area contributed by atoms with Gasteiger partial charge in [0.2, 0.25) is 0 Å². The number of thioether (sulfide) groups is 1. The Morgan fingerprint density at radius 3 is 2.67 bits per heavy atom. The van der Waals surface area contributed by atoms with Crippen LogP contribution < -0.4 is 5.32 Å². The van der Waals surface area contributed by atoms with Crippen molar-refractivity contribution in [2.45, 2.75) is 40.2 Å². The SMILES string of the molecule is CCNC(CSCCC(C)C)c1cccc(C)c1. The summed E-state index contributed by atoms with van der Waals surface area (Å²) in [7, 11) is 0. The molecule has 0 spiro atoms. The molecule has 0 aliphatic rings. The zero-order valence-electron chi connectivity index (χ0n) is 12.2. The zero-order valence-corrected chi connectivity index (χ0v) is 13.0. The lowest BCUT2D eigenvalue weighted by Crippen LogP contribution is -2.23. The fraction of sp³-hybridized carbons (Fsp3) is 0.625. The first kappa shape index (κ1) is 15.6. The van der Waals surface area contributed by atoms with Gasteiger partial charge in [0.25, 0.3) is 0 Å². The molecule has 1 aromatic carbocycles. The van der Waals surface area contributed by atoms with Gasteiger partial charge in [0.1, 0.15) is 0 Å². The van der Waals surface area contributed by atoms with E-state index in [0.717, 1.165) is 12.5 Å². The second kappa shape index (κ2) is 8.60. The third kappa shape index (κ3) is 5.92. The van der Waals surface area contributed by atoms with Crippen LogP contribution in [0.25, 0.3) is 0 Å². The standard InChI is InChI=1S/C16H27NS/c1-5-17-16(12-18-10-9-13(2)3)15-8-6-7-14(4)11-15/h6-8,11,13,16-17H,5,9-10,12H2,1-4H3. The molecule has 0 aliphatic carbocycles. The lowest BCUT2D eigenvalue weighted by Gasteiger charge is -2.18. The Bertz CT molecular complexity index is 336. The molecule has 1 rings (SSSR count). The molecule has 102 valence electrons. The van der Waals surface area contributed by atoms with Crippen LogP contribution in [0.3, 0.4) is 0 Å². The number of hydrogen-bond acceptors (Lipinski definition) is 2. The Morgan fingerprint density at radius 2 is 2.06 bits per heavy atom. The van der Waals surface area contributed by atoms with Crippen LogP contribution in [0.1, 0.15) is 44.4 Å². The van der Waals surface area contributed by atoms with Gasteiger partial charge >= 0.3 is 0 Å². The van der Waals surface area contributed by atoms with E-state index in [1.165, 1.54) is 29.1 Å². The monoisotopic (exact) mass is 265 g/mol. The van der Waals surface area contributed by atoms with Crippen LogP contribution in [0.4, 0.5) is 0 Å². The van der Waals surface area contributed by atoms with Gasteiger partial charge in [-0.25, -0.2) is 0 Å². The average Bonchev–Trinajstić information content (AvgIpc) is 2.33. The molecule has 0 saturated heterocycles. The molecule has 1 aromatic rings. The molecule has 0 heterocycles. The number of rotatable bonds is 8. The Kier molecular flexibility index (Phi) is 7.45. The highest BCUT2D eigenvalue weighted by atomic mass is 32.2. The van der Waals surface area contributed by atoms with Crippen molar-refractivity contribution >= 4 is 11.8 Å². The van der Waals surface area contributed by atoms with Gasteiger partial charge in [-0.2, -0.15) is 11.8 Å². The first-order valence-electron chi connectivity index (χ1n) is 7.01. The molecule has 1 unspecified atom stereocenters. The maximum Gasteiger partial charge on any atom is 0.0411 e. The summed E-state index contributed by atoms with van der Waals surface area (Å²) in [5.74, 6) is 3.25. The van der Waals surface area contributed by atoms with Crippen LogP contribution in [-0.4, -0.2) is 18.1 Å². The van der Waals surface area contributed by atoms with E-state index in [1.807, 2.05) is 0 Å². The summed E-state index contributed by atoms with van der Waals surface area (Å²) >= 11 is 2.07. The van der Waals surface area contributed by atoms with Gasteiger partial charge in [0.15, 0.2) is 0 Å². The van der Waals surface area contributed by atoms with Crippen LogP contribution in [0.2, 0.25) is 0 Å². The van der Waals surface area contributed by atoms with Gasteiger partial charge in [0, 0.05) is 11.8 Å². The predicted octanol–water partition coefficient (Wildman–Crippen LogP) is 4.42. The van der Waals surface area contributed by atoms with Crippen molar-refractivity contribution in [2.75, 3.05) is 18.1 Å². The minimum absolute atomic E-state index is 0.493. The van der Waals surface area contributed by atoms with E-state index in [0.29, 0.717) is 6.04 Å². The Morgan fingerprint density at radius 1 is 1.28 bits per heavy atom. The lowest BCUT2D eigenvalue weighted by atomic mass is 10.1. The van der Waals surface area contributed by atoms with E-state index < -0.39 is 0 Å². The third-order valence-electron chi connectivity index (χ3n) is 3.02. The largest absolute Gasteiger partial charge is 0.310 e. The molecule has 1 N–H and O–H groups in total. The van der Waals surface area contributed by atoms with E-state index >= 15 is 0 Å². The second-order valence-electron chi connectivity index (χ2n) is 5.28. The maximum absolute atomic E-state index is 3.59. The summed E-state index contributed by atoms with van der Waals surface area (Å²) < 4.78 is 0. The Hall–Kier alpha value is -0.470. The molecule has 0 fully saturated rings. The summed E-state index contributed by atoms with van der Waals surface area (Å²) in [5.41, 5.74) is 2.77.